The van der Waals surface area contributed by atoms with Gasteiger partial charge < -0.3 is 9.84 Å². The lowest BCUT2D eigenvalue weighted by Gasteiger charge is -2.40. The minimum absolute atomic E-state index is 0.0863. The Morgan fingerprint density at radius 1 is 1.09 bits per heavy atom. The second kappa shape index (κ2) is 10.1. The largest absolute Gasteiger partial charge is 0.465 e. The summed E-state index contributed by atoms with van der Waals surface area (Å²) in [6.45, 7) is 0. The number of nitrogens with one attached hydrogen (secondary N) is 1. The normalized spacial score (nSPS) is 16.1. The van der Waals surface area contributed by atoms with Gasteiger partial charge in [-0.15, -0.1) is 0 Å². The third-order valence-electron chi connectivity index (χ3n) is 5.83. The highest BCUT2D eigenvalue weighted by Gasteiger charge is 2.36. The van der Waals surface area contributed by atoms with Crippen molar-refractivity contribution in [2.24, 2.45) is 5.73 Å². The van der Waals surface area contributed by atoms with Gasteiger partial charge in [-0.1, -0.05) is 55.7 Å². The van der Waals surface area contributed by atoms with Crippen molar-refractivity contribution >= 4 is 17.6 Å². The van der Waals surface area contributed by atoms with Crippen LogP contribution < -0.4 is 16.0 Å². The molecule has 3 aromatic rings. The fourth-order valence-corrected chi connectivity index (χ4v) is 4.25. The van der Waals surface area contributed by atoms with Gasteiger partial charge >= 0.3 is 5.97 Å². The number of para-hydroxylation sites is 1. The molecule has 1 unspecified atom stereocenters. The molecule has 1 aliphatic rings. The molecule has 8 heteroatoms. The molecule has 0 amide bonds. The molecule has 0 aliphatic heterocycles. The molecule has 4 N–H and O–H groups in total. The SMILES string of the molecule is COC(=O)c1ccccc1-c1ccnc(N(c2ccccc2)C(N)(O)NC2CCCCC2)n1. The van der Waals surface area contributed by atoms with E-state index in [0.29, 0.717) is 22.5 Å². The number of nitrogens with zero attached hydrogens (tertiary/aromatic N) is 3. The molecule has 1 saturated carbocycles. The summed E-state index contributed by atoms with van der Waals surface area (Å²) in [6.07, 6.45) is 6.84. The summed E-state index contributed by atoms with van der Waals surface area (Å²) in [5.41, 5.74) is 8.59. The number of hydrogen-bond acceptors (Lipinski definition) is 8. The van der Waals surface area contributed by atoms with E-state index in [4.69, 9.17) is 10.5 Å². The molecule has 1 atom stereocenters. The number of carbonyl (C=O) groups excluding carboxylic acids is 1. The van der Waals surface area contributed by atoms with Crippen molar-refractivity contribution in [2.45, 2.75) is 44.1 Å². The molecule has 4 rings (SSSR count). The summed E-state index contributed by atoms with van der Waals surface area (Å²) >= 11 is 0. The molecule has 1 aliphatic carbocycles. The molecule has 1 fully saturated rings. The lowest BCUT2D eigenvalue weighted by molar-refractivity contribution is 0.000847. The zero-order valence-electron chi connectivity index (χ0n) is 18.6. The first kappa shape index (κ1) is 22.8. The summed E-state index contributed by atoms with van der Waals surface area (Å²) in [4.78, 5) is 22.9. The summed E-state index contributed by atoms with van der Waals surface area (Å²) in [7, 11) is 1.34. The number of methoxy groups -OCH3 is 1. The quantitative estimate of drug-likeness (QED) is 0.372. The molecule has 0 radical (unpaired) electrons. The van der Waals surface area contributed by atoms with E-state index in [1.165, 1.54) is 18.4 Å². The summed E-state index contributed by atoms with van der Waals surface area (Å²) in [5, 5.41) is 14.6. The third kappa shape index (κ3) is 5.19. The Labute approximate surface area is 193 Å². The van der Waals surface area contributed by atoms with E-state index in [0.717, 1.165) is 25.7 Å². The Morgan fingerprint density at radius 2 is 1.79 bits per heavy atom. The van der Waals surface area contributed by atoms with Crippen molar-refractivity contribution in [3.63, 3.8) is 0 Å². The monoisotopic (exact) mass is 447 g/mol. The molecular formula is C25H29N5O3. The van der Waals surface area contributed by atoms with Crippen LogP contribution in [0.25, 0.3) is 11.3 Å². The Hall–Kier alpha value is -3.33. The molecular weight excluding hydrogens is 418 g/mol. The summed E-state index contributed by atoms with van der Waals surface area (Å²) in [5.74, 6) is -2.18. The van der Waals surface area contributed by atoms with Crippen LogP contribution in [-0.4, -0.2) is 40.2 Å². The van der Waals surface area contributed by atoms with Crippen LogP contribution >= 0.6 is 0 Å². The third-order valence-corrected chi connectivity index (χ3v) is 5.83. The Bertz CT molecular complexity index is 1080. The molecule has 0 spiro atoms. The van der Waals surface area contributed by atoms with E-state index in [1.807, 2.05) is 36.4 Å². The van der Waals surface area contributed by atoms with Crippen molar-refractivity contribution in [1.82, 2.24) is 15.3 Å². The van der Waals surface area contributed by atoms with E-state index >= 15 is 0 Å². The topological polar surface area (TPSA) is 114 Å². The van der Waals surface area contributed by atoms with E-state index in [-0.39, 0.29) is 12.0 Å². The highest BCUT2D eigenvalue weighted by Crippen LogP contribution is 2.30. The minimum atomic E-state index is -1.93. The molecule has 0 saturated heterocycles. The zero-order valence-corrected chi connectivity index (χ0v) is 18.6. The minimum Gasteiger partial charge on any atom is -0.465 e. The van der Waals surface area contributed by atoms with Crippen molar-refractivity contribution in [2.75, 3.05) is 12.0 Å². The molecule has 1 heterocycles. The van der Waals surface area contributed by atoms with Gasteiger partial charge in [0.25, 0.3) is 5.97 Å². The number of ether oxygens (including phenoxy) is 1. The van der Waals surface area contributed by atoms with Crippen LogP contribution in [-0.2, 0) is 4.74 Å². The number of nitrogens with two attached hydrogens (primary N) is 1. The second-order valence-electron chi connectivity index (χ2n) is 8.16. The number of hydrogen-bond donors (Lipinski definition) is 3. The summed E-state index contributed by atoms with van der Waals surface area (Å²) in [6, 6.07) is 18.1. The number of benzene rings is 2. The maximum absolute atomic E-state index is 12.3. The fraction of sp³-hybridized carbons (Fsp3) is 0.320. The highest BCUT2D eigenvalue weighted by molar-refractivity contribution is 5.96. The van der Waals surface area contributed by atoms with Crippen LogP contribution in [0, 0.1) is 0 Å². The number of anilines is 2. The molecule has 172 valence electrons. The number of esters is 1. The van der Waals surface area contributed by atoms with Crippen LogP contribution in [0.2, 0.25) is 0 Å². The van der Waals surface area contributed by atoms with Gasteiger partial charge in [-0.3, -0.25) is 16.0 Å². The number of carbonyl (C=O) groups is 1. The summed E-state index contributed by atoms with van der Waals surface area (Å²) < 4.78 is 4.92. The van der Waals surface area contributed by atoms with Crippen molar-refractivity contribution < 1.29 is 14.6 Å². The first-order valence-corrected chi connectivity index (χ1v) is 11.1. The Kier molecular flexibility index (Phi) is 6.98. The number of aromatic nitrogens is 2. The van der Waals surface area contributed by atoms with Gasteiger partial charge in [0, 0.05) is 23.5 Å². The lowest BCUT2D eigenvalue weighted by Crippen LogP contribution is -2.67. The first-order chi connectivity index (χ1) is 16.0. The fourth-order valence-electron chi connectivity index (χ4n) is 4.25. The second-order valence-corrected chi connectivity index (χ2v) is 8.16. The van der Waals surface area contributed by atoms with Crippen LogP contribution in [0.15, 0.2) is 66.9 Å². The van der Waals surface area contributed by atoms with Gasteiger partial charge in [-0.05, 0) is 37.1 Å². The van der Waals surface area contributed by atoms with Gasteiger partial charge in [-0.2, -0.15) is 0 Å². The molecule has 2 aromatic carbocycles. The number of aliphatic hydroxyl groups is 1. The average molecular weight is 448 g/mol. The maximum Gasteiger partial charge on any atom is 0.338 e. The van der Waals surface area contributed by atoms with Crippen LogP contribution in [0.5, 0.6) is 0 Å². The standard InChI is InChI=1S/C25H29N5O3/c1-33-23(31)21-15-9-8-14-20(21)22-16-17-27-24(28-22)30(19-12-6-3-7-13-19)25(26,32)29-18-10-4-2-5-11-18/h3,6-9,12-18,29,32H,2,4-5,10-11,26H2,1H3. The van der Waals surface area contributed by atoms with Crippen LogP contribution in [0.3, 0.4) is 0 Å². The van der Waals surface area contributed by atoms with Gasteiger partial charge in [0.2, 0.25) is 5.95 Å². The van der Waals surface area contributed by atoms with Crippen LogP contribution in [0.4, 0.5) is 11.6 Å². The lowest BCUT2D eigenvalue weighted by atomic mass is 9.95. The number of rotatable bonds is 7. The molecule has 33 heavy (non-hydrogen) atoms. The van der Waals surface area contributed by atoms with Crippen molar-refractivity contribution in [3.05, 3.63) is 72.4 Å². The van der Waals surface area contributed by atoms with Gasteiger partial charge in [0.15, 0.2) is 0 Å². The van der Waals surface area contributed by atoms with Crippen LogP contribution in [0.1, 0.15) is 42.5 Å². The molecule has 0 bridgehead atoms. The first-order valence-electron chi connectivity index (χ1n) is 11.1. The maximum atomic E-state index is 12.3. The van der Waals surface area contributed by atoms with Crippen molar-refractivity contribution in [1.29, 1.82) is 0 Å². The molecule has 8 nitrogen and oxygen atoms in total. The zero-order chi connectivity index (χ0) is 23.3. The van der Waals surface area contributed by atoms with Gasteiger partial charge in [-0.25, -0.2) is 14.8 Å². The Balaban J connectivity index is 1.76. The Morgan fingerprint density at radius 3 is 2.52 bits per heavy atom. The van der Waals surface area contributed by atoms with E-state index in [9.17, 15) is 9.90 Å². The van der Waals surface area contributed by atoms with E-state index in [2.05, 4.69) is 15.3 Å². The smallest absolute Gasteiger partial charge is 0.338 e. The van der Waals surface area contributed by atoms with Gasteiger partial charge in [0.05, 0.1) is 18.4 Å². The van der Waals surface area contributed by atoms with E-state index in [1.54, 1.807) is 30.5 Å². The van der Waals surface area contributed by atoms with Gasteiger partial charge in [0.1, 0.15) is 0 Å². The predicted molar refractivity (Wildman–Crippen MR) is 127 cm³/mol. The molecule has 1 aromatic heterocycles. The van der Waals surface area contributed by atoms with Crippen molar-refractivity contribution in [3.8, 4) is 11.3 Å². The highest BCUT2D eigenvalue weighted by atomic mass is 16.5. The predicted octanol–water partition coefficient (Wildman–Crippen LogP) is 3.55. The van der Waals surface area contributed by atoms with E-state index < -0.39 is 11.9 Å². The average Bonchev–Trinajstić information content (AvgIpc) is 2.84.